The zero-order valence-corrected chi connectivity index (χ0v) is 9.56. The summed E-state index contributed by atoms with van der Waals surface area (Å²) in [6, 6.07) is -0.576. The Bertz CT molecular complexity index is 179. The molecule has 0 amide bonds. The van der Waals surface area contributed by atoms with Crippen LogP contribution in [0.2, 0.25) is 0 Å². The average Bonchev–Trinajstić information content (AvgIpc) is 2.19. The van der Waals surface area contributed by atoms with Gasteiger partial charge in [0.05, 0.1) is 18.8 Å². The first kappa shape index (κ1) is 15.1. The zero-order valence-electron chi connectivity index (χ0n) is 8.74. The van der Waals surface area contributed by atoms with Crippen molar-refractivity contribution in [1.29, 1.82) is 0 Å². The highest BCUT2D eigenvalue weighted by atomic mass is 35.5. The van der Waals surface area contributed by atoms with E-state index in [2.05, 4.69) is 0 Å². The molecule has 15 heavy (non-hydrogen) atoms. The van der Waals surface area contributed by atoms with E-state index < -0.39 is 24.4 Å². The molecule has 1 saturated heterocycles. The molecular weight excluding hydrogens is 222 g/mol. The fourth-order valence-corrected chi connectivity index (χ4v) is 1.76. The van der Waals surface area contributed by atoms with Gasteiger partial charge in [0.2, 0.25) is 0 Å². The average molecular weight is 242 g/mol. The number of ether oxygens (including phenoxy) is 1. The first-order valence-electron chi connectivity index (χ1n) is 4.99. The molecule has 0 unspecified atom stereocenters. The smallest absolute Gasteiger partial charge is 0.110 e. The third kappa shape index (κ3) is 3.27. The van der Waals surface area contributed by atoms with Crippen LogP contribution in [0.4, 0.5) is 0 Å². The maximum Gasteiger partial charge on any atom is 0.110 e. The lowest BCUT2D eigenvalue weighted by Crippen LogP contribution is -2.61. The Labute approximate surface area is 95.6 Å². The molecule has 6 heteroatoms. The van der Waals surface area contributed by atoms with E-state index in [9.17, 15) is 10.2 Å². The summed E-state index contributed by atoms with van der Waals surface area (Å²) in [5.74, 6) is 0. The van der Waals surface area contributed by atoms with Gasteiger partial charge in [-0.05, 0) is 6.42 Å². The minimum Gasteiger partial charge on any atom is -0.394 e. The third-order valence-corrected chi connectivity index (χ3v) is 2.66. The Kier molecular flexibility index (Phi) is 6.66. The van der Waals surface area contributed by atoms with Gasteiger partial charge < -0.3 is 25.8 Å². The van der Waals surface area contributed by atoms with Gasteiger partial charge in [-0.15, -0.1) is 12.4 Å². The fraction of sp³-hybridized carbons (Fsp3) is 1.00. The van der Waals surface area contributed by atoms with Gasteiger partial charge >= 0.3 is 0 Å². The number of hydrogen-bond donors (Lipinski definition) is 4. The molecule has 0 aliphatic carbocycles. The van der Waals surface area contributed by atoms with Crippen LogP contribution in [0.15, 0.2) is 0 Å². The second kappa shape index (κ2) is 6.62. The Morgan fingerprint density at radius 1 is 1.20 bits per heavy atom. The van der Waals surface area contributed by atoms with E-state index in [1.54, 1.807) is 0 Å². The second-order valence-electron chi connectivity index (χ2n) is 3.74. The number of nitrogens with two attached hydrogens (primary N) is 1. The molecular formula is C9H20ClNO4. The number of aliphatic hydroxyl groups is 3. The molecule has 1 fully saturated rings. The van der Waals surface area contributed by atoms with E-state index in [1.807, 2.05) is 6.92 Å². The molecule has 0 aromatic heterocycles. The third-order valence-electron chi connectivity index (χ3n) is 2.66. The lowest BCUT2D eigenvalue weighted by molar-refractivity contribution is -0.190. The topological polar surface area (TPSA) is 95.9 Å². The standard InChI is InChI=1S/C9H19NO4.ClH/c1-2-3-5-7(10)9(13)8(12)6(4-11)14-5;/h5-9,11-13H,2-4,10H2,1H3;1H/t5-,6-,7+,8+,9-;/m1./s1. The van der Waals surface area contributed by atoms with Crippen molar-refractivity contribution < 1.29 is 20.1 Å². The van der Waals surface area contributed by atoms with Crippen molar-refractivity contribution in [3.63, 3.8) is 0 Å². The van der Waals surface area contributed by atoms with Gasteiger partial charge in [-0.2, -0.15) is 0 Å². The second-order valence-corrected chi connectivity index (χ2v) is 3.74. The van der Waals surface area contributed by atoms with Crippen LogP contribution < -0.4 is 5.73 Å². The lowest BCUT2D eigenvalue weighted by Gasteiger charge is -2.40. The molecule has 5 atom stereocenters. The van der Waals surface area contributed by atoms with Crippen LogP contribution in [-0.2, 0) is 4.74 Å². The Hall–Kier alpha value is 0.0900. The Balaban J connectivity index is 0.00000196. The molecule has 1 aliphatic heterocycles. The van der Waals surface area contributed by atoms with Gasteiger partial charge in [-0.25, -0.2) is 0 Å². The van der Waals surface area contributed by atoms with Crippen molar-refractivity contribution in [2.24, 2.45) is 5.73 Å². The normalized spacial score (nSPS) is 41.0. The first-order valence-corrected chi connectivity index (χ1v) is 4.99. The number of rotatable bonds is 3. The summed E-state index contributed by atoms with van der Waals surface area (Å²) in [4.78, 5) is 0. The zero-order chi connectivity index (χ0) is 10.7. The molecule has 1 aliphatic rings. The molecule has 0 aromatic carbocycles. The van der Waals surface area contributed by atoms with E-state index in [0.29, 0.717) is 0 Å². The van der Waals surface area contributed by atoms with E-state index >= 15 is 0 Å². The maximum atomic E-state index is 9.58. The predicted octanol–water partition coefficient (Wildman–Crippen LogP) is -0.983. The van der Waals surface area contributed by atoms with Crippen molar-refractivity contribution in [3.8, 4) is 0 Å². The predicted molar refractivity (Wildman–Crippen MR) is 57.9 cm³/mol. The van der Waals surface area contributed by atoms with Crippen molar-refractivity contribution in [2.45, 2.75) is 50.2 Å². The van der Waals surface area contributed by atoms with Crippen molar-refractivity contribution in [2.75, 3.05) is 6.61 Å². The molecule has 0 bridgehead atoms. The van der Waals surface area contributed by atoms with E-state index in [1.165, 1.54) is 0 Å². The van der Waals surface area contributed by atoms with E-state index in [0.717, 1.165) is 12.8 Å². The van der Waals surface area contributed by atoms with Crippen LogP contribution in [0.5, 0.6) is 0 Å². The largest absolute Gasteiger partial charge is 0.394 e. The van der Waals surface area contributed by atoms with Crippen LogP contribution in [0.3, 0.4) is 0 Å². The maximum absolute atomic E-state index is 9.58. The summed E-state index contributed by atoms with van der Waals surface area (Å²) in [5, 5.41) is 28.0. The Morgan fingerprint density at radius 2 is 1.80 bits per heavy atom. The number of aliphatic hydroxyl groups excluding tert-OH is 3. The molecule has 92 valence electrons. The SMILES string of the molecule is CCC[C@H]1O[C@H](CO)[C@H](O)[C@H](O)[C@H]1N.Cl. The lowest BCUT2D eigenvalue weighted by atomic mass is 9.91. The Morgan fingerprint density at radius 3 is 2.27 bits per heavy atom. The molecule has 5 nitrogen and oxygen atoms in total. The highest BCUT2D eigenvalue weighted by molar-refractivity contribution is 5.85. The molecule has 5 N–H and O–H groups in total. The molecule has 1 rings (SSSR count). The highest BCUT2D eigenvalue weighted by Gasteiger charge is 2.41. The minimum absolute atomic E-state index is 0. The quantitative estimate of drug-likeness (QED) is 0.509. The highest BCUT2D eigenvalue weighted by Crippen LogP contribution is 2.22. The van der Waals surface area contributed by atoms with E-state index in [4.69, 9.17) is 15.6 Å². The van der Waals surface area contributed by atoms with Crippen LogP contribution in [0, 0.1) is 0 Å². The molecule has 0 spiro atoms. The van der Waals surface area contributed by atoms with Gasteiger partial charge in [-0.1, -0.05) is 13.3 Å². The van der Waals surface area contributed by atoms with Gasteiger partial charge in [0.15, 0.2) is 0 Å². The van der Waals surface area contributed by atoms with Crippen molar-refractivity contribution in [3.05, 3.63) is 0 Å². The van der Waals surface area contributed by atoms with Crippen LogP contribution >= 0.6 is 12.4 Å². The molecule has 0 aromatic rings. The fourth-order valence-electron chi connectivity index (χ4n) is 1.76. The summed E-state index contributed by atoms with van der Waals surface area (Å²) in [6.07, 6.45) is -1.50. The number of halogens is 1. The summed E-state index contributed by atoms with van der Waals surface area (Å²) >= 11 is 0. The summed E-state index contributed by atoms with van der Waals surface area (Å²) in [6.45, 7) is 1.69. The van der Waals surface area contributed by atoms with Gasteiger partial charge in [0, 0.05) is 0 Å². The van der Waals surface area contributed by atoms with Crippen LogP contribution in [0.25, 0.3) is 0 Å². The van der Waals surface area contributed by atoms with Gasteiger partial charge in [0.25, 0.3) is 0 Å². The van der Waals surface area contributed by atoms with Gasteiger partial charge in [-0.3, -0.25) is 0 Å². The minimum atomic E-state index is -1.09. The molecule has 0 saturated carbocycles. The van der Waals surface area contributed by atoms with E-state index in [-0.39, 0.29) is 25.1 Å². The van der Waals surface area contributed by atoms with Crippen molar-refractivity contribution >= 4 is 12.4 Å². The number of hydrogen-bond acceptors (Lipinski definition) is 5. The summed E-state index contributed by atoms with van der Waals surface area (Å²) in [7, 11) is 0. The summed E-state index contributed by atoms with van der Waals surface area (Å²) in [5.41, 5.74) is 5.70. The summed E-state index contributed by atoms with van der Waals surface area (Å²) < 4.78 is 5.39. The molecule has 1 heterocycles. The van der Waals surface area contributed by atoms with Gasteiger partial charge in [0.1, 0.15) is 18.3 Å². The first-order chi connectivity index (χ1) is 6.61. The van der Waals surface area contributed by atoms with Crippen molar-refractivity contribution in [1.82, 2.24) is 0 Å². The molecule has 0 radical (unpaired) electrons. The van der Waals surface area contributed by atoms with Crippen LogP contribution in [0.1, 0.15) is 19.8 Å². The van der Waals surface area contributed by atoms with Crippen LogP contribution in [-0.4, -0.2) is 52.4 Å². The monoisotopic (exact) mass is 241 g/mol.